The number of benzene rings is 2. The van der Waals surface area contributed by atoms with Crippen LogP contribution in [0.1, 0.15) is 75.6 Å². The normalized spacial score (nSPS) is 17.9. The van der Waals surface area contributed by atoms with E-state index in [0.29, 0.717) is 32.3 Å². The van der Waals surface area contributed by atoms with E-state index in [-0.39, 0.29) is 17.9 Å². The predicted molar refractivity (Wildman–Crippen MR) is 153 cm³/mol. The van der Waals surface area contributed by atoms with Gasteiger partial charge in [-0.25, -0.2) is 4.98 Å². The van der Waals surface area contributed by atoms with E-state index in [4.69, 9.17) is 9.72 Å². The quantitative estimate of drug-likeness (QED) is 0.318. The molecule has 7 nitrogen and oxygen atoms in total. The maximum absolute atomic E-state index is 13.9. The molecule has 39 heavy (non-hydrogen) atoms. The number of hydrogen-bond donors (Lipinski definition) is 1. The van der Waals surface area contributed by atoms with Crippen molar-refractivity contribution in [2.24, 2.45) is 0 Å². The number of para-hydroxylation sites is 2. The molecule has 0 spiro atoms. The van der Waals surface area contributed by atoms with Crippen molar-refractivity contribution >= 4 is 22.8 Å². The lowest BCUT2D eigenvalue weighted by atomic mass is 9.93. The summed E-state index contributed by atoms with van der Waals surface area (Å²) >= 11 is 0. The van der Waals surface area contributed by atoms with E-state index in [1.165, 1.54) is 24.8 Å². The van der Waals surface area contributed by atoms with Gasteiger partial charge in [0.05, 0.1) is 11.0 Å². The number of nitrogens with one attached hydrogen (secondary N) is 1. The van der Waals surface area contributed by atoms with E-state index in [2.05, 4.69) is 33.0 Å². The Balaban J connectivity index is 1.22. The van der Waals surface area contributed by atoms with Crippen LogP contribution in [0, 0.1) is 0 Å². The van der Waals surface area contributed by atoms with Crippen LogP contribution in [0.25, 0.3) is 11.0 Å². The van der Waals surface area contributed by atoms with Crippen LogP contribution in [-0.4, -0.2) is 51.6 Å². The smallest absolute Gasteiger partial charge is 0.249 e. The number of imidazole rings is 1. The van der Waals surface area contributed by atoms with Gasteiger partial charge < -0.3 is 19.5 Å². The first-order valence-electron chi connectivity index (χ1n) is 14.9. The van der Waals surface area contributed by atoms with Crippen molar-refractivity contribution in [3.63, 3.8) is 0 Å². The number of rotatable bonds is 12. The lowest BCUT2D eigenvalue weighted by Gasteiger charge is -2.35. The number of carbonyl (C=O) groups is 2. The summed E-state index contributed by atoms with van der Waals surface area (Å²) in [5.41, 5.74) is 3.14. The highest BCUT2D eigenvalue weighted by molar-refractivity contribution is 5.82. The van der Waals surface area contributed by atoms with E-state index in [9.17, 15) is 9.59 Å². The summed E-state index contributed by atoms with van der Waals surface area (Å²) in [4.78, 5) is 33.1. The Bertz CT molecular complexity index is 1210. The number of fused-ring (bicyclic) bond motifs is 1. The number of aromatic nitrogens is 2. The largest absolute Gasteiger partial charge is 0.368 e. The Kier molecular flexibility index (Phi) is 9.65. The number of carbonyl (C=O) groups excluding carboxylic acids is 2. The fraction of sp³-hybridized carbons (Fsp3) is 0.531. The molecule has 208 valence electrons. The minimum atomic E-state index is -0.266. The van der Waals surface area contributed by atoms with E-state index in [0.717, 1.165) is 68.2 Å². The molecule has 1 aromatic heterocycles. The molecule has 1 aliphatic carbocycles. The Morgan fingerprint density at radius 3 is 2.51 bits per heavy atom. The van der Waals surface area contributed by atoms with Gasteiger partial charge >= 0.3 is 0 Å². The molecule has 1 N–H and O–H groups in total. The van der Waals surface area contributed by atoms with Gasteiger partial charge in [-0.05, 0) is 56.2 Å². The summed E-state index contributed by atoms with van der Waals surface area (Å²) in [6, 6.07) is 18.8. The first kappa shape index (κ1) is 27.4. The second-order valence-corrected chi connectivity index (χ2v) is 11.0. The highest BCUT2D eigenvalue weighted by Gasteiger charge is 2.27. The molecule has 0 bridgehead atoms. The summed E-state index contributed by atoms with van der Waals surface area (Å²) < 4.78 is 7.60. The number of aryl methyl sites for hydroxylation is 1. The third kappa shape index (κ3) is 7.27. The standard InChI is InChI=1S/C32H42N4O3/c37-31(35(26-15-6-2-7-16-26)23-25-13-4-1-5-14-25)24-36-28-18-10-9-17-27(28)34-30(36)20-8-3-11-21-33-32(38)29-19-12-22-39-29/h1,4-5,9-10,13-14,17-18,26,29H,2-3,6-8,11-12,15-16,19-24H2,(H,33,38). The van der Waals surface area contributed by atoms with Crippen LogP contribution in [-0.2, 0) is 33.8 Å². The second-order valence-electron chi connectivity index (χ2n) is 11.0. The Labute approximate surface area is 231 Å². The molecule has 2 heterocycles. The predicted octanol–water partition coefficient (Wildman–Crippen LogP) is 5.41. The first-order valence-corrected chi connectivity index (χ1v) is 14.9. The van der Waals surface area contributed by atoms with Crippen molar-refractivity contribution in [3.05, 3.63) is 66.0 Å². The molecule has 7 heteroatoms. The maximum Gasteiger partial charge on any atom is 0.249 e. The molecular formula is C32H42N4O3. The fourth-order valence-electron chi connectivity index (χ4n) is 6.01. The minimum Gasteiger partial charge on any atom is -0.368 e. The number of amides is 2. The molecular weight excluding hydrogens is 488 g/mol. The van der Waals surface area contributed by atoms with Crippen LogP contribution in [0.2, 0.25) is 0 Å². The van der Waals surface area contributed by atoms with Crippen molar-refractivity contribution < 1.29 is 14.3 Å². The highest BCUT2D eigenvalue weighted by atomic mass is 16.5. The molecule has 0 radical (unpaired) electrons. The average Bonchev–Trinajstić information content (AvgIpc) is 3.63. The van der Waals surface area contributed by atoms with Gasteiger partial charge in [-0.3, -0.25) is 9.59 Å². The van der Waals surface area contributed by atoms with Crippen LogP contribution < -0.4 is 5.32 Å². The third-order valence-corrected chi connectivity index (χ3v) is 8.16. The lowest BCUT2D eigenvalue weighted by Crippen LogP contribution is -2.42. The van der Waals surface area contributed by atoms with Crippen LogP contribution in [0.3, 0.4) is 0 Å². The van der Waals surface area contributed by atoms with Crippen LogP contribution in [0.15, 0.2) is 54.6 Å². The van der Waals surface area contributed by atoms with Gasteiger partial charge in [0.2, 0.25) is 11.8 Å². The van der Waals surface area contributed by atoms with Gasteiger partial charge in [-0.2, -0.15) is 0 Å². The zero-order chi connectivity index (χ0) is 26.9. The van der Waals surface area contributed by atoms with Crippen molar-refractivity contribution in [2.75, 3.05) is 13.2 Å². The van der Waals surface area contributed by atoms with Crippen molar-refractivity contribution in [1.29, 1.82) is 0 Å². The highest BCUT2D eigenvalue weighted by Crippen LogP contribution is 2.26. The molecule has 1 saturated carbocycles. The summed E-state index contributed by atoms with van der Waals surface area (Å²) in [6.07, 6.45) is 11.0. The molecule has 5 rings (SSSR count). The molecule has 1 aliphatic heterocycles. The molecule has 1 unspecified atom stereocenters. The second kappa shape index (κ2) is 13.7. The molecule has 1 atom stereocenters. The van der Waals surface area contributed by atoms with Crippen molar-refractivity contribution in [3.8, 4) is 0 Å². The van der Waals surface area contributed by atoms with Crippen LogP contribution in [0.5, 0.6) is 0 Å². The molecule has 2 fully saturated rings. The fourth-order valence-corrected chi connectivity index (χ4v) is 6.01. The van der Waals surface area contributed by atoms with E-state index >= 15 is 0 Å². The number of ether oxygens (including phenoxy) is 1. The third-order valence-electron chi connectivity index (χ3n) is 8.16. The van der Waals surface area contributed by atoms with Gasteiger partial charge in [0.1, 0.15) is 18.5 Å². The van der Waals surface area contributed by atoms with E-state index in [1.807, 2.05) is 36.4 Å². The van der Waals surface area contributed by atoms with Crippen molar-refractivity contribution in [1.82, 2.24) is 19.8 Å². The molecule has 2 aliphatic rings. The first-order chi connectivity index (χ1) is 19.2. The Morgan fingerprint density at radius 1 is 0.923 bits per heavy atom. The topological polar surface area (TPSA) is 76.5 Å². The minimum absolute atomic E-state index is 0.0193. The summed E-state index contributed by atoms with van der Waals surface area (Å²) in [5, 5.41) is 3.01. The lowest BCUT2D eigenvalue weighted by molar-refractivity contribution is -0.135. The van der Waals surface area contributed by atoms with Crippen LogP contribution >= 0.6 is 0 Å². The molecule has 3 aromatic rings. The molecule has 2 aromatic carbocycles. The average molecular weight is 531 g/mol. The summed E-state index contributed by atoms with van der Waals surface area (Å²) in [5.74, 6) is 1.16. The maximum atomic E-state index is 13.9. The zero-order valence-electron chi connectivity index (χ0n) is 23.0. The van der Waals surface area contributed by atoms with Gasteiger partial charge in [0.25, 0.3) is 0 Å². The monoisotopic (exact) mass is 530 g/mol. The zero-order valence-corrected chi connectivity index (χ0v) is 23.0. The van der Waals surface area contributed by atoms with Gasteiger partial charge in [-0.15, -0.1) is 0 Å². The number of hydrogen-bond acceptors (Lipinski definition) is 4. The number of nitrogens with zero attached hydrogens (tertiary/aromatic N) is 3. The van der Waals surface area contributed by atoms with E-state index < -0.39 is 0 Å². The molecule has 1 saturated heterocycles. The van der Waals surface area contributed by atoms with Gasteiger partial charge in [0.15, 0.2) is 0 Å². The molecule has 2 amide bonds. The van der Waals surface area contributed by atoms with Crippen molar-refractivity contribution in [2.45, 2.75) is 95.9 Å². The van der Waals surface area contributed by atoms with Gasteiger partial charge in [-0.1, -0.05) is 68.1 Å². The van der Waals surface area contributed by atoms with Crippen LogP contribution in [0.4, 0.5) is 0 Å². The van der Waals surface area contributed by atoms with E-state index in [1.54, 1.807) is 0 Å². The summed E-state index contributed by atoms with van der Waals surface area (Å²) in [6.45, 7) is 2.33. The van der Waals surface area contributed by atoms with Gasteiger partial charge in [0, 0.05) is 32.2 Å². The Morgan fingerprint density at radius 2 is 1.72 bits per heavy atom. The number of unbranched alkanes of at least 4 members (excludes halogenated alkanes) is 2. The SMILES string of the molecule is O=C(NCCCCCc1nc2ccccc2n1CC(=O)N(Cc1ccccc1)C1CCCCC1)C1CCCO1. The Hall–Kier alpha value is -3.19. The summed E-state index contributed by atoms with van der Waals surface area (Å²) in [7, 11) is 0.